The van der Waals surface area contributed by atoms with Crippen molar-refractivity contribution in [2.45, 2.75) is 13.8 Å². The van der Waals surface area contributed by atoms with E-state index in [2.05, 4.69) is 15.3 Å². The third kappa shape index (κ3) is 3.63. The molecule has 0 bridgehead atoms. The number of pyridine rings is 2. The minimum absolute atomic E-state index is 0.107. The molecule has 1 amide bonds. The minimum atomic E-state index is -0.426. The number of hydrogen-bond donors (Lipinski definition) is 2. The number of carbonyl (C=O) groups is 1. The molecule has 0 atom stereocenters. The van der Waals surface area contributed by atoms with E-state index >= 15 is 0 Å². The quantitative estimate of drug-likeness (QED) is 0.713. The van der Waals surface area contributed by atoms with Crippen LogP contribution in [0.25, 0.3) is 22.4 Å². The first kappa shape index (κ1) is 16.6. The first-order chi connectivity index (χ1) is 11.9. The van der Waals surface area contributed by atoms with Gasteiger partial charge in [-0.15, -0.1) is 0 Å². The lowest BCUT2D eigenvalue weighted by Gasteiger charge is -2.10. The Morgan fingerprint density at radius 2 is 1.80 bits per heavy atom. The SMILES string of the molecule is CC(=O)Nc1cc(-c2cc(-c3cc(N)c(F)cc3C)ccn2)ccn1. The Labute approximate surface area is 144 Å². The molecule has 1 aromatic carbocycles. The van der Waals surface area contributed by atoms with Crippen molar-refractivity contribution in [3.8, 4) is 22.4 Å². The fourth-order valence-corrected chi connectivity index (χ4v) is 2.59. The summed E-state index contributed by atoms with van der Waals surface area (Å²) in [4.78, 5) is 19.7. The lowest BCUT2D eigenvalue weighted by atomic mass is 9.99. The van der Waals surface area contributed by atoms with Gasteiger partial charge in [0.15, 0.2) is 0 Å². The number of rotatable bonds is 3. The zero-order valence-corrected chi connectivity index (χ0v) is 13.9. The first-order valence-corrected chi connectivity index (χ1v) is 7.70. The van der Waals surface area contributed by atoms with E-state index in [-0.39, 0.29) is 11.6 Å². The van der Waals surface area contributed by atoms with Gasteiger partial charge in [0.25, 0.3) is 0 Å². The average molecular weight is 336 g/mol. The highest BCUT2D eigenvalue weighted by Gasteiger charge is 2.09. The van der Waals surface area contributed by atoms with E-state index < -0.39 is 5.82 Å². The van der Waals surface area contributed by atoms with Crippen LogP contribution < -0.4 is 11.1 Å². The Morgan fingerprint density at radius 3 is 2.56 bits per heavy atom. The van der Waals surface area contributed by atoms with Crippen LogP contribution in [0.5, 0.6) is 0 Å². The van der Waals surface area contributed by atoms with Gasteiger partial charge in [-0.25, -0.2) is 9.37 Å². The number of nitrogens with zero attached hydrogens (tertiary/aromatic N) is 2. The Bertz CT molecular complexity index is 956. The zero-order chi connectivity index (χ0) is 18.0. The molecule has 126 valence electrons. The van der Waals surface area contributed by atoms with Gasteiger partial charge in [0, 0.05) is 24.9 Å². The summed E-state index contributed by atoms with van der Waals surface area (Å²) in [5.74, 6) is -0.159. The van der Waals surface area contributed by atoms with Gasteiger partial charge in [-0.3, -0.25) is 9.78 Å². The van der Waals surface area contributed by atoms with Crippen LogP contribution in [0.1, 0.15) is 12.5 Å². The summed E-state index contributed by atoms with van der Waals surface area (Å²) < 4.78 is 13.6. The largest absolute Gasteiger partial charge is 0.396 e. The topological polar surface area (TPSA) is 80.9 Å². The van der Waals surface area contributed by atoms with Crippen LogP contribution in [-0.2, 0) is 4.79 Å². The number of amides is 1. The molecule has 0 spiro atoms. The Morgan fingerprint density at radius 1 is 1.08 bits per heavy atom. The molecule has 0 aliphatic rings. The molecular weight excluding hydrogens is 319 g/mol. The fourth-order valence-electron chi connectivity index (χ4n) is 2.59. The van der Waals surface area contributed by atoms with E-state index in [1.54, 1.807) is 24.5 Å². The minimum Gasteiger partial charge on any atom is -0.396 e. The highest BCUT2D eigenvalue weighted by atomic mass is 19.1. The number of nitrogens with two attached hydrogens (primary N) is 1. The molecule has 25 heavy (non-hydrogen) atoms. The Hall–Kier alpha value is -3.28. The molecule has 0 saturated heterocycles. The maximum Gasteiger partial charge on any atom is 0.222 e. The number of nitrogen functional groups attached to an aromatic ring is 1. The molecule has 0 aliphatic carbocycles. The molecule has 6 heteroatoms. The zero-order valence-electron chi connectivity index (χ0n) is 13.9. The smallest absolute Gasteiger partial charge is 0.222 e. The van der Waals surface area contributed by atoms with Crippen LogP contribution in [0, 0.1) is 12.7 Å². The van der Waals surface area contributed by atoms with E-state index in [0.717, 1.165) is 22.3 Å². The maximum absolute atomic E-state index is 13.6. The van der Waals surface area contributed by atoms with Gasteiger partial charge in [0.2, 0.25) is 5.91 Å². The summed E-state index contributed by atoms with van der Waals surface area (Å²) in [7, 11) is 0. The second kappa shape index (κ2) is 6.68. The second-order valence-corrected chi connectivity index (χ2v) is 5.73. The van der Waals surface area contributed by atoms with Crippen LogP contribution in [0.15, 0.2) is 48.8 Å². The molecule has 0 aliphatic heterocycles. The van der Waals surface area contributed by atoms with Crippen LogP contribution >= 0.6 is 0 Å². The van der Waals surface area contributed by atoms with Gasteiger partial charge >= 0.3 is 0 Å². The number of nitrogens with one attached hydrogen (secondary N) is 1. The molecule has 3 rings (SSSR count). The molecule has 0 radical (unpaired) electrons. The van der Waals surface area contributed by atoms with Gasteiger partial charge in [0.05, 0.1) is 11.4 Å². The predicted octanol–water partition coefficient (Wildman–Crippen LogP) is 3.80. The van der Waals surface area contributed by atoms with Crippen molar-refractivity contribution in [2.75, 3.05) is 11.1 Å². The number of aryl methyl sites for hydroxylation is 1. The second-order valence-electron chi connectivity index (χ2n) is 5.73. The van der Waals surface area contributed by atoms with Crippen LogP contribution in [0.2, 0.25) is 0 Å². The summed E-state index contributed by atoms with van der Waals surface area (Å²) in [5.41, 5.74) is 9.86. The summed E-state index contributed by atoms with van der Waals surface area (Å²) in [5, 5.41) is 2.65. The number of halogens is 1. The highest BCUT2D eigenvalue weighted by Crippen LogP contribution is 2.30. The van der Waals surface area contributed by atoms with E-state index in [9.17, 15) is 9.18 Å². The van der Waals surface area contributed by atoms with Gasteiger partial charge in [0.1, 0.15) is 11.6 Å². The lowest BCUT2D eigenvalue weighted by Crippen LogP contribution is -2.07. The molecule has 0 saturated carbocycles. The van der Waals surface area contributed by atoms with E-state index in [1.807, 2.05) is 25.1 Å². The summed E-state index contributed by atoms with van der Waals surface area (Å²) in [6.07, 6.45) is 3.29. The molecular formula is C19H17FN4O. The third-order valence-electron chi connectivity index (χ3n) is 3.77. The van der Waals surface area contributed by atoms with E-state index in [0.29, 0.717) is 11.5 Å². The average Bonchev–Trinajstić information content (AvgIpc) is 2.58. The van der Waals surface area contributed by atoms with Crippen LogP contribution in [0.3, 0.4) is 0 Å². The van der Waals surface area contributed by atoms with Crippen LogP contribution in [-0.4, -0.2) is 15.9 Å². The first-order valence-electron chi connectivity index (χ1n) is 7.70. The normalized spacial score (nSPS) is 10.5. The third-order valence-corrected chi connectivity index (χ3v) is 3.77. The number of aromatic nitrogens is 2. The van der Waals surface area contributed by atoms with Crippen molar-refractivity contribution in [1.82, 2.24) is 9.97 Å². The van der Waals surface area contributed by atoms with Gasteiger partial charge in [-0.1, -0.05) is 0 Å². The highest BCUT2D eigenvalue weighted by molar-refractivity contribution is 5.88. The van der Waals surface area contributed by atoms with Gasteiger partial charge < -0.3 is 11.1 Å². The summed E-state index contributed by atoms with van der Waals surface area (Å²) in [6, 6.07) is 10.3. The molecule has 2 heterocycles. The van der Waals surface area contributed by atoms with Gasteiger partial charge in [-0.05, 0) is 60.0 Å². The number of benzene rings is 1. The van der Waals surface area contributed by atoms with E-state index in [1.165, 1.54) is 13.0 Å². The molecule has 0 fully saturated rings. The summed E-state index contributed by atoms with van der Waals surface area (Å²) >= 11 is 0. The van der Waals surface area contributed by atoms with Crippen molar-refractivity contribution in [2.24, 2.45) is 0 Å². The molecule has 3 N–H and O–H groups in total. The summed E-state index contributed by atoms with van der Waals surface area (Å²) in [6.45, 7) is 3.26. The maximum atomic E-state index is 13.6. The number of hydrogen-bond acceptors (Lipinski definition) is 4. The Balaban J connectivity index is 2.03. The Kier molecular flexibility index (Phi) is 4.43. The lowest BCUT2D eigenvalue weighted by molar-refractivity contribution is -0.114. The molecule has 5 nitrogen and oxygen atoms in total. The van der Waals surface area contributed by atoms with Crippen molar-refractivity contribution in [3.63, 3.8) is 0 Å². The molecule has 3 aromatic rings. The van der Waals surface area contributed by atoms with Gasteiger partial charge in [-0.2, -0.15) is 0 Å². The van der Waals surface area contributed by atoms with E-state index in [4.69, 9.17) is 5.73 Å². The monoisotopic (exact) mass is 336 g/mol. The standard InChI is InChI=1S/C19H17FN4O/c1-11-7-16(20)17(21)10-15(11)13-3-5-22-18(8-13)14-4-6-23-19(9-14)24-12(2)25/h3-10H,21H2,1-2H3,(H,23,24,25). The molecule has 2 aromatic heterocycles. The molecule has 0 unspecified atom stereocenters. The van der Waals surface area contributed by atoms with Crippen molar-refractivity contribution < 1.29 is 9.18 Å². The van der Waals surface area contributed by atoms with Crippen LogP contribution in [0.4, 0.5) is 15.9 Å². The fraction of sp³-hybridized carbons (Fsp3) is 0.105. The van der Waals surface area contributed by atoms with Crippen molar-refractivity contribution in [3.05, 3.63) is 60.2 Å². The number of anilines is 2. The number of carbonyl (C=O) groups excluding carboxylic acids is 1. The predicted molar refractivity (Wildman–Crippen MR) is 96.3 cm³/mol. The van der Waals surface area contributed by atoms with Crippen molar-refractivity contribution >= 4 is 17.4 Å². The van der Waals surface area contributed by atoms with Crippen molar-refractivity contribution in [1.29, 1.82) is 0 Å².